The van der Waals surface area contributed by atoms with Crippen molar-refractivity contribution in [3.8, 4) is 22.3 Å². The first kappa shape index (κ1) is 32.0. The number of benzene rings is 5. The Bertz CT molecular complexity index is 1760. The molecule has 0 aliphatic rings. The van der Waals surface area contributed by atoms with E-state index in [1.165, 1.54) is 5.56 Å². The van der Waals surface area contributed by atoms with E-state index in [4.69, 9.17) is 9.47 Å². The molecule has 0 fully saturated rings. The van der Waals surface area contributed by atoms with Gasteiger partial charge in [-0.25, -0.2) is 4.79 Å². The summed E-state index contributed by atoms with van der Waals surface area (Å²) in [4.78, 5) is 13.5. The number of aryl methyl sites for hydroxylation is 1. The summed E-state index contributed by atoms with van der Waals surface area (Å²) in [6.45, 7) is 10.8. The van der Waals surface area contributed by atoms with Crippen LogP contribution in [-0.2, 0) is 15.0 Å². The van der Waals surface area contributed by atoms with Crippen LogP contribution < -0.4 is 5.32 Å². The summed E-state index contributed by atoms with van der Waals surface area (Å²) < 4.78 is 11.3. The molecule has 5 aromatic carbocycles. The van der Waals surface area contributed by atoms with Crippen molar-refractivity contribution in [2.24, 2.45) is 0 Å². The first-order valence-electron chi connectivity index (χ1n) is 15.9. The molecule has 0 aliphatic heterocycles. The van der Waals surface area contributed by atoms with E-state index in [1.807, 2.05) is 49.4 Å². The predicted octanol–water partition coefficient (Wildman–Crippen LogP) is 9.81. The average Bonchev–Trinajstić information content (AvgIpc) is 3.05. The Kier molecular flexibility index (Phi) is 10.0. The molecule has 5 nitrogen and oxygen atoms in total. The SMILES string of the molecule is CCCC(C)(Nc1ccc(C)cc1)c1ccc(-c2cc(C(=O)OCC)c(-c3cccc4ccccc34)cc2C(O)OCC)cc1. The number of nitrogens with one attached hydrogen (secondary N) is 1. The van der Waals surface area contributed by atoms with Crippen LogP contribution >= 0.6 is 0 Å². The molecule has 0 saturated carbocycles. The molecule has 0 saturated heterocycles. The fourth-order valence-corrected chi connectivity index (χ4v) is 6.13. The van der Waals surface area contributed by atoms with Gasteiger partial charge in [0.15, 0.2) is 6.29 Å². The summed E-state index contributed by atoms with van der Waals surface area (Å²) in [5, 5.41) is 17.1. The fourth-order valence-electron chi connectivity index (χ4n) is 6.13. The number of carbonyl (C=O) groups is 1. The number of ether oxygens (including phenoxy) is 2. The van der Waals surface area contributed by atoms with E-state index >= 15 is 0 Å². The lowest BCUT2D eigenvalue weighted by Gasteiger charge is -2.33. The van der Waals surface area contributed by atoms with Crippen molar-refractivity contribution < 1.29 is 19.4 Å². The molecule has 5 aromatic rings. The van der Waals surface area contributed by atoms with Crippen LogP contribution in [0.1, 0.15) is 73.9 Å². The maximum Gasteiger partial charge on any atom is 0.338 e. The number of aliphatic hydroxyl groups excluding tert-OH is 1. The Balaban J connectivity index is 1.64. The summed E-state index contributed by atoms with van der Waals surface area (Å²) in [6, 6.07) is 34.7. The van der Waals surface area contributed by atoms with Gasteiger partial charge in [0.25, 0.3) is 0 Å². The lowest BCUT2D eigenvalue weighted by molar-refractivity contribution is -0.0975. The highest BCUT2D eigenvalue weighted by Gasteiger charge is 2.27. The van der Waals surface area contributed by atoms with Crippen molar-refractivity contribution in [3.63, 3.8) is 0 Å². The number of carbonyl (C=O) groups excluding carboxylic acids is 1. The van der Waals surface area contributed by atoms with Gasteiger partial charge in [-0.2, -0.15) is 0 Å². The molecule has 0 amide bonds. The topological polar surface area (TPSA) is 67.8 Å². The molecule has 2 N–H and O–H groups in total. The third-order valence-electron chi connectivity index (χ3n) is 8.41. The molecule has 0 radical (unpaired) electrons. The second-order valence-corrected chi connectivity index (χ2v) is 11.7. The van der Waals surface area contributed by atoms with Crippen molar-refractivity contribution in [3.05, 3.63) is 125 Å². The number of hydrogen-bond donors (Lipinski definition) is 2. The van der Waals surface area contributed by atoms with Gasteiger partial charge in [0.1, 0.15) is 0 Å². The van der Waals surface area contributed by atoms with E-state index in [0.29, 0.717) is 23.3 Å². The molecule has 5 heteroatoms. The molecular formula is C40H43NO4. The highest BCUT2D eigenvalue weighted by Crippen LogP contribution is 2.40. The average molecular weight is 602 g/mol. The lowest BCUT2D eigenvalue weighted by atomic mass is 9.85. The Labute approximate surface area is 266 Å². The highest BCUT2D eigenvalue weighted by molar-refractivity contribution is 6.05. The molecule has 0 spiro atoms. The highest BCUT2D eigenvalue weighted by atomic mass is 16.6. The van der Waals surface area contributed by atoms with Crippen LogP contribution in [0.2, 0.25) is 0 Å². The quantitative estimate of drug-likeness (QED) is 0.110. The van der Waals surface area contributed by atoms with Crippen molar-refractivity contribution in [2.75, 3.05) is 18.5 Å². The first-order chi connectivity index (χ1) is 21.8. The molecule has 45 heavy (non-hydrogen) atoms. The van der Waals surface area contributed by atoms with Crippen molar-refractivity contribution in [1.29, 1.82) is 0 Å². The van der Waals surface area contributed by atoms with Crippen LogP contribution in [0.4, 0.5) is 5.69 Å². The summed E-state index contributed by atoms with van der Waals surface area (Å²) in [7, 11) is 0. The molecule has 2 unspecified atom stereocenters. The summed E-state index contributed by atoms with van der Waals surface area (Å²) in [5.74, 6) is -0.409. The van der Waals surface area contributed by atoms with E-state index in [0.717, 1.165) is 51.6 Å². The predicted molar refractivity (Wildman–Crippen MR) is 184 cm³/mol. The van der Waals surface area contributed by atoms with Crippen LogP contribution in [0, 0.1) is 6.92 Å². The molecular weight excluding hydrogens is 558 g/mol. The van der Waals surface area contributed by atoms with Gasteiger partial charge in [-0.3, -0.25) is 0 Å². The second kappa shape index (κ2) is 14.1. The van der Waals surface area contributed by atoms with E-state index in [-0.39, 0.29) is 12.1 Å². The number of hydrogen-bond acceptors (Lipinski definition) is 5. The number of rotatable bonds is 12. The van der Waals surface area contributed by atoms with Crippen LogP contribution in [0.15, 0.2) is 103 Å². The fraction of sp³-hybridized carbons (Fsp3) is 0.275. The van der Waals surface area contributed by atoms with Crippen LogP contribution in [-0.4, -0.2) is 24.3 Å². The van der Waals surface area contributed by atoms with Gasteiger partial charge in [0, 0.05) is 17.9 Å². The second-order valence-electron chi connectivity index (χ2n) is 11.7. The Morgan fingerprint density at radius 3 is 2.22 bits per heavy atom. The molecule has 232 valence electrons. The normalized spacial score (nSPS) is 13.3. The Morgan fingerprint density at radius 1 is 0.822 bits per heavy atom. The van der Waals surface area contributed by atoms with Crippen LogP contribution in [0.5, 0.6) is 0 Å². The Morgan fingerprint density at radius 2 is 1.53 bits per heavy atom. The summed E-state index contributed by atoms with van der Waals surface area (Å²) in [6.07, 6.45) is 0.782. The third kappa shape index (κ3) is 6.95. The first-order valence-corrected chi connectivity index (χ1v) is 15.9. The minimum absolute atomic E-state index is 0.255. The van der Waals surface area contributed by atoms with Crippen molar-refractivity contribution in [2.45, 2.75) is 59.3 Å². The molecule has 0 heterocycles. The maximum absolute atomic E-state index is 13.5. The molecule has 0 aliphatic carbocycles. The smallest absolute Gasteiger partial charge is 0.338 e. The van der Waals surface area contributed by atoms with E-state index < -0.39 is 12.3 Å². The zero-order valence-corrected chi connectivity index (χ0v) is 26.9. The van der Waals surface area contributed by atoms with E-state index in [2.05, 4.69) is 86.8 Å². The molecule has 0 aromatic heterocycles. The van der Waals surface area contributed by atoms with Crippen LogP contribution in [0.25, 0.3) is 33.0 Å². The maximum atomic E-state index is 13.5. The number of anilines is 1. The largest absolute Gasteiger partial charge is 0.462 e. The van der Waals surface area contributed by atoms with Gasteiger partial charge < -0.3 is 19.9 Å². The van der Waals surface area contributed by atoms with Crippen molar-refractivity contribution in [1.82, 2.24) is 0 Å². The summed E-state index contributed by atoms with van der Waals surface area (Å²) in [5.41, 5.74) is 7.37. The minimum Gasteiger partial charge on any atom is -0.462 e. The minimum atomic E-state index is -1.18. The van der Waals surface area contributed by atoms with Gasteiger partial charge in [0.05, 0.1) is 17.7 Å². The lowest BCUT2D eigenvalue weighted by Crippen LogP contribution is -2.31. The van der Waals surface area contributed by atoms with E-state index in [1.54, 1.807) is 6.92 Å². The molecule has 5 rings (SSSR count). The zero-order chi connectivity index (χ0) is 32.0. The van der Waals surface area contributed by atoms with Gasteiger partial charge >= 0.3 is 5.97 Å². The number of esters is 1. The van der Waals surface area contributed by atoms with E-state index in [9.17, 15) is 9.90 Å². The standard InChI is InChI=1S/C40H43NO4/c1-6-24-40(5,41-31-22-16-27(4)17-23-31)30-20-18-29(19-21-30)34-25-37(39(43)45-8-3)35(26-36(34)38(42)44-7-2)33-15-11-13-28-12-9-10-14-32(28)33/h9-23,25-26,38,41-42H,6-8,24H2,1-5H3. The zero-order valence-electron chi connectivity index (χ0n) is 26.9. The summed E-state index contributed by atoms with van der Waals surface area (Å²) >= 11 is 0. The van der Waals surface area contributed by atoms with Gasteiger partial charge in [-0.05, 0) is 97.0 Å². The van der Waals surface area contributed by atoms with Gasteiger partial charge in [-0.15, -0.1) is 0 Å². The number of aliphatic hydroxyl groups is 1. The molecule has 2 atom stereocenters. The number of fused-ring (bicyclic) bond motifs is 1. The monoisotopic (exact) mass is 601 g/mol. The molecule has 0 bridgehead atoms. The Hall–Kier alpha value is -4.45. The van der Waals surface area contributed by atoms with Gasteiger partial charge in [-0.1, -0.05) is 97.8 Å². The van der Waals surface area contributed by atoms with Gasteiger partial charge in [0.2, 0.25) is 0 Å². The van der Waals surface area contributed by atoms with Crippen molar-refractivity contribution >= 4 is 22.4 Å². The van der Waals surface area contributed by atoms with Crippen LogP contribution in [0.3, 0.4) is 0 Å². The third-order valence-corrected chi connectivity index (χ3v) is 8.41.